The van der Waals surface area contributed by atoms with Gasteiger partial charge in [-0.3, -0.25) is 9.59 Å². The molecule has 1 saturated heterocycles. The monoisotopic (exact) mass is 367 g/mol. The van der Waals surface area contributed by atoms with E-state index in [0.29, 0.717) is 11.3 Å². The van der Waals surface area contributed by atoms with E-state index in [4.69, 9.17) is 0 Å². The maximum atomic E-state index is 12.7. The molecule has 1 heterocycles. The van der Waals surface area contributed by atoms with Crippen molar-refractivity contribution in [2.75, 3.05) is 31.5 Å². The molecule has 0 bridgehead atoms. The summed E-state index contributed by atoms with van der Waals surface area (Å²) in [6.45, 7) is 8.62. The zero-order valence-electron chi connectivity index (χ0n) is 16.1. The van der Waals surface area contributed by atoms with Crippen molar-refractivity contribution < 1.29 is 19.4 Å². The van der Waals surface area contributed by atoms with E-state index in [1.54, 1.807) is 17.0 Å². The zero-order valence-corrected chi connectivity index (χ0v) is 16.1. The van der Waals surface area contributed by atoms with Crippen LogP contribution in [0.2, 0.25) is 0 Å². The molecule has 1 aliphatic heterocycles. The molecular weight excluding hydrogens is 338 g/mol. The number of carbonyl (C=O) groups excluding carboxylic acids is 2. The lowest BCUT2D eigenvalue weighted by Crippen LogP contribution is -3.29. The van der Waals surface area contributed by atoms with Crippen molar-refractivity contribution in [2.45, 2.75) is 26.4 Å². The van der Waals surface area contributed by atoms with Gasteiger partial charge in [-0.05, 0) is 26.0 Å². The first-order valence-corrected chi connectivity index (χ1v) is 9.67. The topological polar surface area (TPSA) is 55.0 Å². The van der Waals surface area contributed by atoms with Gasteiger partial charge < -0.3 is 15.1 Å². The molecule has 0 aromatic heterocycles. The van der Waals surface area contributed by atoms with Gasteiger partial charge in [0.1, 0.15) is 32.7 Å². The van der Waals surface area contributed by atoms with Gasteiger partial charge in [0, 0.05) is 11.1 Å². The van der Waals surface area contributed by atoms with Gasteiger partial charge in [-0.2, -0.15) is 0 Å². The van der Waals surface area contributed by atoms with Gasteiger partial charge in [0.05, 0.1) is 5.69 Å². The molecule has 5 nitrogen and oxygen atoms in total. The molecule has 0 unspecified atom stereocenters. The number of rotatable bonds is 6. The Morgan fingerprint density at radius 2 is 1.59 bits per heavy atom. The summed E-state index contributed by atoms with van der Waals surface area (Å²) < 4.78 is 0. The Morgan fingerprint density at radius 1 is 0.963 bits per heavy atom. The fraction of sp³-hybridized carbons (Fsp3) is 0.364. The van der Waals surface area contributed by atoms with Crippen LogP contribution in [0.25, 0.3) is 0 Å². The van der Waals surface area contributed by atoms with Crippen molar-refractivity contribution in [1.82, 2.24) is 0 Å². The number of nitrogens with one attached hydrogen (secondary N) is 3. The lowest BCUT2D eigenvalue weighted by Gasteiger charge is -2.32. The van der Waals surface area contributed by atoms with Gasteiger partial charge in [-0.25, -0.2) is 0 Å². The molecule has 1 amide bonds. The third kappa shape index (κ3) is 5.02. The number of Topliss-reactive ketones (excluding diaryl/α,β-unsaturated/α-hetero) is 1. The molecule has 3 N–H and O–H groups in total. The van der Waals surface area contributed by atoms with E-state index >= 15 is 0 Å². The Morgan fingerprint density at radius 3 is 2.26 bits per heavy atom. The van der Waals surface area contributed by atoms with Crippen LogP contribution in [0, 0.1) is 0 Å². The number of para-hydroxylation sites is 1. The molecule has 5 heteroatoms. The second-order valence-corrected chi connectivity index (χ2v) is 7.38. The molecule has 0 spiro atoms. The largest absolute Gasteiger partial charge is 0.322 e. The summed E-state index contributed by atoms with van der Waals surface area (Å²) in [4.78, 5) is 27.3. The van der Waals surface area contributed by atoms with E-state index in [-0.39, 0.29) is 17.7 Å². The number of hydrogen-bond acceptors (Lipinski definition) is 2. The molecule has 1 atom stereocenters. The molecule has 142 valence electrons. The number of piperazine rings is 1. The summed E-state index contributed by atoms with van der Waals surface area (Å²) in [5, 5.41) is 2.95. The summed E-state index contributed by atoms with van der Waals surface area (Å²) in [6, 6.07) is 17.6. The van der Waals surface area contributed by atoms with E-state index in [2.05, 4.69) is 29.6 Å². The lowest BCUT2D eigenvalue weighted by atomic mass is 10.1. The normalized spacial score (nSPS) is 20.7. The first-order valence-electron chi connectivity index (χ1n) is 9.67. The first kappa shape index (κ1) is 19.3. The number of carbonyl (C=O) groups is 2. The van der Waals surface area contributed by atoms with Gasteiger partial charge >= 0.3 is 0 Å². The van der Waals surface area contributed by atoms with E-state index in [0.717, 1.165) is 32.7 Å². The Bertz CT molecular complexity index is 783. The third-order valence-corrected chi connectivity index (χ3v) is 5.47. The van der Waals surface area contributed by atoms with Gasteiger partial charge in [0.2, 0.25) is 0 Å². The van der Waals surface area contributed by atoms with Crippen LogP contribution in [0.1, 0.15) is 29.8 Å². The van der Waals surface area contributed by atoms with E-state index in [9.17, 15) is 9.59 Å². The molecule has 2 aromatic rings. The van der Waals surface area contributed by atoms with E-state index in [1.165, 1.54) is 17.4 Å². The Balaban J connectivity index is 1.54. The molecule has 0 saturated carbocycles. The van der Waals surface area contributed by atoms with Crippen molar-refractivity contribution >= 4 is 17.4 Å². The van der Waals surface area contributed by atoms with E-state index < -0.39 is 0 Å². The van der Waals surface area contributed by atoms with E-state index in [1.807, 2.05) is 25.1 Å². The Labute approximate surface area is 161 Å². The average molecular weight is 367 g/mol. The minimum absolute atomic E-state index is 0.0230. The number of hydrogen-bond donors (Lipinski definition) is 3. The first-order chi connectivity index (χ1) is 13.0. The quantitative estimate of drug-likeness (QED) is 0.639. The number of anilines is 1. The Hall–Kier alpha value is -2.50. The lowest BCUT2D eigenvalue weighted by molar-refractivity contribution is -1.02. The number of ketones is 1. The zero-order chi connectivity index (χ0) is 19.2. The Kier molecular flexibility index (Phi) is 6.37. The second kappa shape index (κ2) is 8.93. The van der Waals surface area contributed by atoms with Gasteiger partial charge in [0.15, 0.2) is 11.8 Å². The highest BCUT2D eigenvalue weighted by atomic mass is 16.2. The minimum atomic E-state index is -0.136. The molecule has 0 radical (unpaired) electrons. The van der Waals surface area contributed by atoms with Crippen LogP contribution < -0.4 is 15.1 Å². The van der Waals surface area contributed by atoms with Gasteiger partial charge in [-0.1, -0.05) is 42.5 Å². The van der Waals surface area contributed by atoms with Crippen molar-refractivity contribution in [3.05, 3.63) is 65.7 Å². The fourth-order valence-electron chi connectivity index (χ4n) is 3.74. The summed E-state index contributed by atoms with van der Waals surface area (Å²) in [5.74, 6) is -0.0609. The average Bonchev–Trinajstić information content (AvgIpc) is 2.69. The number of benzene rings is 2. The predicted molar refractivity (Wildman–Crippen MR) is 106 cm³/mol. The van der Waals surface area contributed by atoms with Gasteiger partial charge in [0.25, 0.3) is 5.91 Å². The number of amides is 1. The van der Waals surface area contributed by atoms with Crippen LogP contribution in [0.15, 0.2) is 54.6 Å². The molecule has 2 aromatic carbocycles. The molecule has 1 fully saturated rings. The summed E-state index contributed by atoms with van der Waals surface area (Å²) in [5.41, 5.74) is 2.53. The predicted octanol–water partition coefficient (Wildman–Crippen LogP) is 0.200. The smallest absolute Gasteiger partial charge is 0.282 e. The minimum Gasteiger partial charge on any atom is -0.322 e. The summed E-state index contributed by atoms with van der Waals surface area (Å²) >= 11 is 0. The highest BCUT2D eigenvalue weighted by molar-refractivity contribution is 6.04. The highest BCUT2D eigenvalue weighted by Gasteiger charge is 2.31. The van der Waals surface area contributed by atoms with Crippen LogP contribution >= 0.6 is 0 Å². The van der Waals surface area contributed by atoms with Crippen LogP contribution in [-0.4, -0.2) is 43.9 Å². The highest BCUT2D eigenvalue weighted by Crippen LogP contribution is 2.15. The molecule has 0 aliphatic carbocycles. The summed E-state index contributed by atoms with van der Waals surface area (Å²) in [6.07, 6.45) is 0. The second-order valence-electron chi connectivity index (χ2n) is 7.38. The van der Waals surface area contributed by atoms with Crippen molar-refractivity contribution in [1.29, 1.82) is 0 Å². The molecular formula is C22H29N3O2+2. The number of quaternary nitrogens is 2. The van der Waals surface area contributed by atoms with Crippen LogP contribution in [0.4, 0.5) is 5.69 Å². The fourth-order valence-corrected chi connectivity index (χ4v) is 3.74. The third-order valence-electron chi connectivity index (χ3n) is 5.47. The van der Waals surface area contributed by atoms with Crippen molar-refractivity contribution in [3.63, 3.8) is 0 Å². The van der Waals surface area contributed by atoms with Crippen LogP contribution in [0.3, 0.4) is 0 Å². The van der Waals surface area contributed by atoms with Crippen LogP contribution in [0.5, 0.6) is 0 Å². The van der Waals surface area contributed by atoms with Crippen molar-refractivity contribution in [3.8, 4) is 0 Å². The van der Waals surface area contributed by atoms with Gasteiger partial charge in [-0.15, -0.1) is 0 Å². The maximum absolute atomic E-state index is 12.7. The molecule has 1 aliphatic rings. The molecule has 3 rings (SSSR count). The summed E-state index contributed by atoms with van der Waals surface area (Å²) in [7, 11) is 0. The van der Waals surface area contributed by atoms with Crippen molar-refractivity contribution in [2.24, 2.45) is 0 Å². The van der Waals surface area contributed by atoms with Crippen LogP contribution in [-0.2, 0) is 11.3 Å². The molecule has 27 heavy (non-hydrogen) atoms. The SMILES string of the molecule is CC(=O)c1ccccc1NC(=O)[C@H](C)[NH+]1CC[NH+](Cc2ccccc2)CC1. The standard InChI is InChI=1S/C22H27N3O2/c1-17(22(27)23-21-11-7-6-10-20(21)18(2)26)25-14-12-24(13-15-25)16-19-8-4-3-5-9-19/h3-11,17H,12-16H2,1-2H3,(H,23,27)/p+2/t17-/m0/s1. The maximum Gasteiger partial charge on any atom is 0.282 e.